The molecule has 0 bridgehead atoms. The molecule has 184 valence electrons. The van der Waals surface area contributed by atoms with Crippen LogP contribution >= 0.6 is 0 Å². The van der Waals surface area contributed by atoms with Crippen LogP contribution in [0.25, 0.3) is 0 Å². The number of nitrogens with one attached hydrogen (secondary N) is 1. The number of aliphatic carboxylic acids is 1. The maximum absolute atomic E-state index is 13.8. The highest BCUT2D eigenvalue weighted by Crippen LogP contribution is 2.43. The van der Waals surface area contributed by atoms with Crippen LogP contribution in [0.3, 0.4) is 0 Å². The first-order valence-corrected chi connectivity index (χ1v) is 10.9. The van der Waals surface area contributed by atoms with Crippen LogP contribution in [0, 0.1) is 10.1 Å². The fourth-order valence-corrected chi connectivity index (χ4v) is 4.13. The van der Waals surface area contributed by atoms with Gasteiger partial charge in [-0.3, -0.25) is 19.8 Å². The van der Waals surface area contributed by atoms with E-state index in [9.17, 15) is 24.8 Å². The minimum Gasteiger partial charge on any atom is -0.550 e. The van der Waals surface area contributed by atoms with Gasteiger partial charge >= 0.3 is 0 Å². The summed E-state index contributed by atoms with van der Waals surface area (Å²) in [4.78, 5) is 37.9. The lowest BCUT2D eigenvalue weighted by Crippen LogP contribution is -2.31. The Morgan fingerprint density at radius 3 is 2.17 bits per heavy atom. The summed E-state index contributed by atoms with van der Waals surface area (Å²) in [6, 6.07) is 18.3. The first kappa shape index (κ1) is 24.3. The summed E-state index contributed by atoms with van der Waals surface area (Å²) in [5, 5.41) is 26.3. The number of benzene rings is 3. The molecule has 0 spiro atoms. The Balaban J connectivity index is 1.87. The van der Waals surface area contributed by atoms with Gasteiger partial charge in [-0.15, -0.1) is 0 Å². The summed E-state index contributed by atoms with van der Waals surface area (Å²) in [6.45, 7) is 0. The second-order valence-electron chi connectivity index (χ2n) is 7.93. The molecule has 3 aromatic carbocycles. The Morgan fingerprint density at radius 2 is 1.61 bits per heavy atom. The Hall–Kier alpha value is -4.86. The first-order valence-electron chi connectivity index (χ1n) is 10.9. The number of rotatable bonds is 9. The van der Waals surface area contributed by atoms with Crippen molar-refractivity contribution in [1.29, 1.82) is 0 Å². The number of non-ortho nitro benzene ring substituents is 1. The van der Waals surface area contributed by atoms with E-state index >= 15 is 0 Å². The molecule has 0 fully saturated rings. The standard InChI is InChI=1S/C26H23N3O7/c1-35-20-10-6-17(7-11-20)27-24-22(15-23(30)31)25(16-4-3-5-19(14-16)29(33)34)28(26(24)32)18-8-12-21(36-2)13-9-18/h3-14,25,27H,15H2,1-2H3,(H,30,31)/p-1/t25-/m1/s1. The van der Waals surface area contributed by atoms with Gasteiger partial charge in [-0.2, -0.15) is 0 Å². The molecular weight excluding hydrogens is 466 g/mol. The fourth-order valence-electron chi connectivity index (χ4n) is 4.13. The van der Waals surface area contributed by atoms with E-state index in [1.165, 1.54) is 37.3 Å². The molecule has 0 radical (unpaired) electrons. The molecule has 0 aliphatic carbocycles. The lowest BCUT2D eigenvalue weighted by Gasteiger charge is -2.28. The van der Waals surface area contributed by atoms with Crippen molar-refractivity contribution in [3.05, 3.63) is 99.7 Å². The van der Waals surface area contributed by atoms with Gasteiger partial charge in [0.25, 0.3) is 11.6 Å². The Bertz CT molecular complexity index is 1330. The van der Waals surface area contributed by atoms with Crippen LogP contribution in [0.15, 0.2) is 84.1 Å². The maximum atomic E-state index is 13.8. The van der Waals surface area contributed by atoms with E-state index in [4.69, 9.17) is 9.47 Å². The Morgan fingerprint density at radius 1 is 1.00 bits per heavy atom. The second kappa shape index (κ2) is 10.2. The van der Waals surface area contributed by atoms with Crippen LogP contribution in [0.4, 0.5) is 17.1 Å². The van der Waals surface area contributed by atoms with E-state index in [0.29, 0.717) is 28.4 Å². The molecule has 10 heteroatoms. The SMILES string of the molecule is COc1ccc(NC2=C(CC(=O)[O-])[C@@H](c3cccc([N+](=O)[O-])c3)N(c3ccc(OC)cc3)C2=O)cc1. The van der Waals surface area contributed by atoms with E-state index in [2.05, 4.69) is 5.32 Å². The molecule has 1 amide bonds. The Labute approximate surface area is 206 Å². The van der Waals surface area contributed by atoms with Gasteiger partial charge in [-0.1, -0.05) is 12.1 Å². The summed E-state index contributed by atoms with van der Waals surface area (Å²) in [7, 11) is 3.04. The largest absolute Gasteiger partial charge is 0.550 e. The van der Waals surface area contributed by atoms with Gasteiger partial charge in [-0.25, -0.2) is 0 Å². The zero-order chi connectivity index (χ0) is 25.8. The van der Waals surface area contributed by atoms with Gasteiger partial charge in [0.1, 0.15) is 17.2 Å². The van der Waals surface area contributed by atoms with Crippen molar-refractivity contribution >= 4 is 28.9 Å². The van der Waals surface area contributed by atoms with Crippen molar-refractivity contribution < 1.29 is 29.1 Å². The number of nitrogens with zero attached hydrogens (tertiary/aromatic N) is 2. The predicted molar refractivity (Wildman–Crippen MR) is 130 cm³/mol. The number of carbonyl (C=O) groups excluding carboxylic acids is 2. The van der Waals surface area contributed by atoms with E-state index in [1.807, 2.05) is 0 Å². The van der Waals surface area contributed by atoms with Crippen molar-refractivity contribution in [3.8, 4) is 11.5 Å². The third-order valence-corrected chi connectivity index (χ3v) is 5.78. The highest BCUT2D eigenvalue weighted by molar-refractivity contribution is 6.12. The summed E-state index contributed by atoms with van der Waals surface area (Å²) in [5.41, 5.74) is 1.46. The second-order valence-corrected chi connectivity index (χ2v) is 7.93. The number of nitro benzene ring substituents is 1. The number of anilines is 2. The van der Waals surface area contributed by atoms with Crippen LogP contribution in [0.5, 0.6) is 11.5 Å². The number of hydrogen-bond acceptors (Lipinski definition) is 8. The molecule has 1 atom stereocenters. The van der Waals surface area contributed by atoms with Crippen LogP contribution in [-0.4, -0.2) is 31.0 Å². The fraction of sp³-hybridized carbons (Fsp3) is 0.154. The number of ether oxygens (including phenoxy) is 2. The molecule has 1 N–H and O–H groups in total. The highest BCUT2D eigenvalue weighted by atomic mass is 16.6. The van der Waals surface area contributed by atoms with Crippen molar-refractivity contribution in [3.63, 3.8) is 0 Å². The van der Waals surface area contributed by atoms with Crippen molar-refractivity contribution in [2.75, 3.05) is 24.4 Å². The monoisotopic (exact) mass is 488 g/mol. The van der Waals surface area contributed by atoms with Gasteiger partial charge in [-0.05, 0) is 59.7 Å². The van der Waals surface area contributed by atoms with E-state index in [-0.39, 0.29) is 17.0 Å². The molecule has 0 saturated carbocycles. The summed E-state index contributed by atoms with van der Waals surface area (Å²) >= 11 is 0. The number of carboxylic acid groups (broad SMARTS) is 1. The average Bonchev–Trinajstić information content (AvgIpc) is 3.15. The van der Waals surface area contributed by atoms with Crippen molar-refractivity contribution in [2.24, 2.45) is 0 Å². The average molecular weight is 488 g/mol. The quantitative estimate of drug-likeness (QED) is 0.358. The minimum atomic E-state index is -1.39. The predicted octanol–water partition coefficient (Wildman–Crippen LogP) is 3.21. The van der Waals surface area contributed by atoms with E-state index in [1.54, 1.807) is 54.6 Å². The summed E-state index contributed by atoms with van der Waals surface area (Å²) in [5.74, 6) is -0.712. The van der Waals surface area contributed by atoms with Crippen molar-refractivity contribution in [2.45, 2.75) is 12.5 Å². The van der Waals surface area contributed by atoms with Crippen LogP contribution < -0.4 is 24.8 Å². The molecular formula is C26H22N3O7-. The van der Waals surface area contributed by atoms with Gasteiger partial charge in [0.05, 0.1) is 25.2 Å². The van der Waals surface area contributed by atoms with Gasteiger partial charge in [0.2, 0.25) is 0 Å². The van der Waals surface area contributed by atoms with Gasteiger partial charge < -0.3 is 24.7 Å². The molecule has 0 unspecified atom stereocenters. The first-order chi connectivity index (χ1) is 17.3. The summed E-state index contributed by atoms with van der Waals surface area (Å²) < 4.78 is 10.4. The molecule has 0 saturated heterocycles. The van der Waals surface area contributed by atoms with Crippen LogP contribution in [0.1, 0.15) is 18.0 Å². The topological polar surface area (TPSA) is 134 Å². The zero-order valence-electron chi connectivity index (χ0n) is 19.5. The third kappa shape index (κ3) is 4.83. The molecule has 0 aromatic heterocycles. The number of carboxylic acids is 1. The molecule has 3 aromatic rings. The van der Waals surface area contributed by atoms with Crippen LogP contribution in [-0.2, 0) is 9.59 Å². The molecule has 1 aliphatic rings. The van der Waals surface area contributed by atoms with Crippen LogP contribution in [0.2, 0.25) is 0 Å². The highest BCUT2D eigenvalue weighted by Gasteiger charge is 2.41. The molecule has 1 heterocycles. The summed E-state index contributed by atoms with van der Waals surface area (Å²) in [6.07, 6.45) is -0.565. The third-order valence-electron chi connectivity index (χ3n) is 5.78. The van der Waals surface area contributed by atoms with Gasteiger partial charge in [0.15, 0.2) is 0 Å². The molecule has 10 nitrogen and oxygen atoms in total. The Kier molecular flexibility index (Phi) is 6.86. The van der Waals surface area contributed by atoms with E-state index < -0.39 is 29.3 Å². The molecule has 4 rings (SSSR count). The molecule has 1 aliphatic heterocycles. The van der Waals surface area contributed by atoms with Gasteiger partial charge in [0, 0.05) is 35.9 Å². The number of hydrogen-bond donors (Lipinski definition) is 1. The zero-order valence-corrected chi connectivity index (χ0v) is 19.5. The number of methoxy groups -OCH3 is 2. The minimum absolute atomic E-state index is 0.0525. The molecule has 36 heavy (non-hydrogen) atoms. The van der Waals surface area contributed by atoms with E-state index in [0.717, 1.165) is 0 Å². The maximum Gasteiger partial charge on any atom is 0.275 e. The normalized spacial score (nSPS) is 15.1. The van der Waals surface area contributed by atoms with Crippen molar-refractivity contribution in [1.82, 2.24) is 0 Å². The lowest BCUT2D eigenvalue weighted by atomic mass is 9.95. The number of amides is 1. The number of carbonyl (C=O) groups is 2. The number of nitro groups is 1. The lowest BCUT2D eigenvalue weighted by molar-refractivity contribution is -0.384. The smallest absolute Gasteiger partial charge is 0.275 e.